The SMILES string of the molecule is CCc1cccc2c(C(=O)c3cc(F)cc(F)c3)c[nH]c12. The Morgan fingerprint density at radius 2 is 1.86 bits per heavy atom. The lowest BCUT2D eigenvalue weighted by atomic mass is 10.0. The molecule has 0 fully saturated rings. The van der Waals surface area contributed by atoms with Crippen molar-refractivity contribution in [3.63, 3.8) is 0 Å². The molecule has 1 aromatic heterocycles. The van der Waals surface area contributed by atoms with Crippen molar-refractivity contribution in [2.45, 2.75) is 13.3 Å². The summed E-state index contributed by atoms with van der Waals surface area (Å²) in [4.78, 5) is 15.6. The van der Waals surface area contributed by atoms with Gasteiger partial charge in [0.2, 0.25) is 0 Å². The lowest BCUT2D eigenvalue weighted by molar-refractivity contribution is 0.103. The van der Waals surface area contributed by atoms with Crippen molar-refractivity contribution in [3.8, 4) is 0 Å². The zero-order chi connectivity index (χ0) is 15.0. The number of carbonyl (C=O) groups is 1. The summed E-state index contributed by atoms with van der Waals surface area (Å²) in [6, 6.07) is 8.53. The van der Waals surface area contributed by atoms with Crippen molar-refractivity contribution in [3.05, 3.63) is 70.9 Å². The number of fused-ring (bicyclic) bond motifs is 1. The van der Waals surface area contributed by atoms with Crippen LogP contribution in [0.1, 0.15) is 28.4 Å². The largest absolute Gasteiger partial charge is 0.360 e. The molecule has 2 aromatic carbocycles. The molecule has 0 unspecified atom stereocenters. The number of aromatic nitrogens is 1. The number of aromatic amines is 1. The summed E-state index contributed by atoms with van der Waals surface area (Å²) in [6.45, 7) is 2.03. The smallest absolute Gasteiger partial charge is 0.195 e. The van der Waals surface area contributed by atoms with E-state index >= 15 is 0 Å². The highest BCUT2D eigenvalue weighted by atomic mass is 19.1. The second-order valence-electron chi connectivity index (χ2n) is 4.88. The van der Waals surface area contributed by atoms with Gasteiger partial charge in [-0.1, -0.05) is 25.1 Å². The molecule has 1 heterocycles. The molecule has 0 radical (unpaired) electrons. The highest BCUT2D eigenvalue weighted by Gasteiger charge is 2.16. The van der Waals surface area contributed by atoms with Gasteiger partial charge in [0, 0.05) is 34.3 Å². The Morgan fingerprint density at radius 3 is 2.52 bits per heavy atom. The number of aryl methyl sites for hydroxylation is 1. The number of H-pyrrole nitrogens is 1. The summed E-state index contributed by atoms with van der Waals surface area (Å²) < 4.78 is 26.5. The van der Waals surface area contributed by atoms with E-state index in [2.05, 4.69) is 4.98 Å². The second kappa shape index (κ2) is 5.13. The van der Waals surface area contributed by atoms with Gasteiger partial charge >= 0.3 is 0 Å². The van der Waals surface area contributed by atoms with E-state index in [1.165, 1.54) is 0 Å². The number of ketones is 1. The van der Waals surface area contributed by atoms with Crippen molar-refractivity contribution in [1.29, 1.82) is 0 Å². The third-order valence-corrected chi connectivity index (χ3v) is 3.55. The molecule has 0 atom stereocenters. The molecule has 2 nitrogen and oxygen atoms in total. The van der Waals surface area contributed by atoms with E-state index in [1.54, 1.807) is 6.20 Å². The van der Waals surface area contributed by atoms with Gasteiger partial charge in [0.25, 0.3) is 0 Å². The summed E-state index contributed by atoms with van der Waals surface area (Å²) in [5.74, 6) is -1.91. The lowest BCUT2D eigenvalue weighted by Gasteiger charge is -2.02. The second-order valence-corrected chi connectivity index (χ2v) is 4.88. The van der Waals surface area contributed by atoms with Crippen LogP contribution in [0.2, 0.25) is 0 Å². The Hall–Kier alpha value is -2.49. The Morgan fingerprint density at radius 1 is 1.14 bits per heavy atom. The van der Waals surface area contributed by atoms with Gasteiger partial charge in [-0.3, -0.25) is 4.79 Å². The zero-order valence-corrected chi connectivity index (χ0v) is 11.4. The summed E-state index contributed by atoms with van der Waals surface area (Å²) in [6.07, 6.45) is 2.43. The molecule has 0 aliphatic heterocycles. The molecule has 0 bridgehead atoms. The predicted octanol–water partition coefficient (Wildman–Crippen LogP) is 4.24. The third-order valence-electron chi connectivity index (χ3n) is 3.55. The number of carbonyl (C=O) groups excluding carboxylic acids is 1. The quantitative estimate of drug-likeness (QED) is 0.717. The van der Waals surface area contributed by atoms with Crippen LogP contribution in [0.4, 0.5) is 8.78 Å². The lowest BCUT2D eigenvalue weighted by Crippen LogP contribution is -2.02. The van der Waals surface area contributed by atoms with Gasteiger partial charge in [-0.15, -0.1) is 0 Å². The topological polar surface area (TPSA) is 32.9 Å². The van der Waals surface area contributed by atoms with Gasteiger partial charge in [-0.25, -0.2) is 8.78 Å². The Labute approximate surface area is 120 Å². The van der Waals surface area contributed by atoms with Gasteiger partial charge in [0.1, 0.15) is 11.6 Å². The zero-order valence-electron chi connectivity index (χ0n) is 11.4. The maximum Gasteiger partial charge on any atom is 0.195 e. The standard InChI is InChI=1S/C17H13F2NO/c1-2-10-4-3-5-14-15(9-20-16(10)14)17(21)11-6-12(18)8-13(19)7-11/h3-9,20H,2H2,1H3. The monoisotopic (exact) mass is 285 g/mol. The average Bonchev–Trinajstić information content (AvgIpc) is 2.89. The molecule has 0 amide bonds. The van der Waals surface area contributed by atoms with Crippen LogP contribution in [0.3, 0.4) is 0 Å². The van der Waals surface area contributed by atoms with Crippen LogP contribution in [-0.2, 0) is 6.42 Å². The van der Waals surface area contributed by atoms with Gasteiger partial charge in [-0.05, 0) is 24.1 Å². The van der Waals surface area contributed by atoms with Crippen LogP contribution in [0.15, 0.2) is 42.6 Å². The first-order valence-electron chi connectivity index (χ1n) is 6.70. The van der Waals surface area contributed by atoms with Crippen LogP contribution in [0.25, 0.3) is 10.9 Å². The first-order valence-corrected chi connectivity index (χ1v) is 6.70. The molecule has 0 saturated carbocycles. The van der Waals surface area contributed by atoms with E-state index in [1.807, 2.05) is 25.1 Å². The molecule has 1 N–H and O–H groups in total. The van der Waals surface area contributed by atoms with Crippen LogP contribution < -0.4 is 0 Å². The summed E-state index contributed by atoms with van der Waals surface area (Å²) >= 11 is 0. The van der Waals surface area contributed by atoms with Gasteiger partial charge in [0.15, 0.2) is 5.78 Å². The van der Waals surface area contributed by atoms with Crippen molar-refractivity contribution in [2.75, 3.05) is 0 Å². The number of hydrogen-bond acceptors (Lipinski definition) is 1. The summed E-state index contributed by atoms with van der Waals surface area (Å²) in [7, 11) is 0. The number of nitrogens with one attached hydrogen (secondary N) is 1. The normalized spacial score (nSPS) is 11.0. The minimum Gasteiger partial charge on any atom is -0.360 e. The fraction of sp³-hybridized carbons (Fsp3) is 0.118. The van der Waals surface area contributed by atoms with E-state index in [0.717, 1.165) is 41.1 Å². The van der Waals surface area contributed by atoms with E-state index in [4.69, 9.17) is 0 Å². The third kappa shape index (κ3) is 2.33. The Balaban J connectivity index is 2.14. The highest BCUT2D eigenvalue weighted by molar-refractivity contribution is 6.16. The van der Waals surface area contributed by atoms with Crippen molar-refractivity contribution in [2.24, 2.45) is 0 Å². The van der Waals surface area contributed by atoms with Gasteiger partial charge < -0.3 is 4.98 Å². The molecule has 0 aliphatic carbocycles. The van der Waals surface area contributed by atoms with Crippen molar-refractivity contribution >= 4 is 16.7 Å². The fourth-order valence-electron chi connectivity index (χ4n) is 2.54. The van der Waals surface area contributed by atoms with Crippen LogP contribution >= 0.6 is 0 Å². The first kappa shape index (κ1) is 13.5. The first-order chi connectivity index (χ1) is 10.1. The number of benzene rings is 2. The molecule has 3 rings (SSSR count). The molecule has 106 valence electrons. The van der Waals surface area contributed by atoms with E-state index < -0.39 is 17.4 Å². The maximum atomic E-state index is 13.3. The average molecular weight is 285 g/mol. The fourth-order valence-corrected chi connectivity index (χ4v) is 2.54. The van der Waals surface area contributed by atoms with Gasteiger partial charge in [-0.2, -0.15) is 0 Å². The maximum absolute atomic E-state index is 13.3. The Kier molecular flexibility index (Phi) is 3.29. The van der Waals surface area contributed by atoms with Crippen LogP contribution in [-0.4, -0.2) is 10.8 Å². The number of para-hydroxylation sites is 1. The number of rotatable bonds is 3. The van der Waals surface area contributed by atoms with Crippen molar-refractivity contribution in [1.82, 2.24) is 4.98 Å². The molecule has 21 heavy (non-hydrogen) atoms. The number of hydrogen-bond donors (Lipinski definition) is 1. The molecular formula is C17H13F2NO. The Bertz CT molecular complexity index is 816. The van der Waals surface area contributed by atoms with E-state index in [0.29, 0.717) is 5.56 Å². The predicted molar refractivity (Wildman–Crippen MR) is 77.5 cm³/mol. The molecule has 3 aromatic rings. The van der Waals surface area contributed by atoms with E-state index in [9.17, 15) is 13.6 Å². The van der Waals surface area contributed by atoms with Crippen molar-refractivity contribution < 1.29 is 13.6 Å². The summed E-state index contributed by atoms with van der Waals surface area (Å²) in [5, 5.41) is 0.768. The molecule has 0 saturated heterocycles. The molecular weight excluding hydrogens is 272 g/mol. The minimum absolute atomic E-state index is 0.00954. The van der Waals surface area contributed by atoms with Crippen LogP contribution in [0.5, 0.6) is 0 Å². The minimum atomic E-state index is -0.757. The molecule has 0 spiro atoms. The molecule has 0 aliphatic rings. The van der Waals surface area contributed by atoms with Crippen LogP contribution in [0, 0.1) is 11.6 Å². The summed E-state index contributed by atoms with van der Waals surface area (Å²) in [5.41, 5.74) is 2.41. The van der Waals surface area contributed by atoms with Gasteiger partial charge in [0.05, 0.1) is 0 Å². The molecule has 4 heteroatoms. The van der Waals surface area contributed by atoms with E-state index in [-0.39, 0.29) is 5.56 Å². The highest BCUT2D eigenvalue weighted by Crippen LogP contribution is 2.24. The number of halogens is 2.